The number of carboxylic acid groups (broad SMARTS) is 1. The molecule has 0 saturated heterocycles. The molecule has 1 unspecified atom stereocenters. The molecule has 20 heavy (non-hydrogen) atoms. The van der Waals surface area contributed by atoms with Crippen molar-refractivity contribution in [2.75, 3.05) is 6.54 Å². The summed E-state index contributed by atoms with van der Waals surface area (Å²) in [6, 6.07) is -0.832. The van der Waals surface area contributed by atoms with Crippen LogP contribution in [-0.4, -0.2) is 50.0 Å². The number of rotatable bonds is 9. The van der Waals surface area contributed by atoms with Gasteiger partial charge in [-0.2, -0.15) is 0 Å². The fourth-order valence-electron chi connectivity index (χ4n) is 1.48. The molecular formula is C11H18N6O3. The summed E-state index contributed by atoms with van der Waals surface area (Å²) >= 11 is 0. The number of aryl methyl sites for hydroxylation is 1. The Bertz CT molecular complexity index is 427. The molecule has 1 atom stereocenters. The van der Waals surface area contributed by atoms with Gasteiger partial charge in [0.05, 0.1) is 0 Å². The van der Waals surface area contributed by atoms with Crippen LogP contribution in [0.15, 0.2) is 6.33 Å². The van der Waals surface area contributed by atoms with Gasteiger partial charge in [0.2, 0.25) is 5.91 Å². The third-order valence-electron chi connectivity index (χ3n) is 2.61. The molecule has 4 N–H and O–H groups in total. The number of aliphatic carboxylic acids is 1. The molecule has 9 heteroatoms. The van der Waals surface area contributed by atoms with Crippen LogP contribution in [0.25, 0.3) is 0 Å². The molecule has 0 aromatic carbocycles. The Morgan fingerprint density at radius 3 is 2.65 bits per heavy atom. The van der Waals surface area contributed by atoms with E-state index in [1.807, 2.05) is 0 Å². The highest BCUT2D eigenvalue weighted by Crippen LogP contribution is 1.98. The quantitative estimate of drug-likeness (QED) is 0.484. The summed E-state index contributed by atoms with van der Waals surface area (Å²) in [5, 5.41) is 25.9. The molecule has 0 aliphatic rings. The minimum absolute atomic E-state index is 0.111. The average Bonchev–Trinajstić information content (AvgIpc) is 2.45. The second-order valence-electron chi connectivity index (χ2n) is 4.25. The Labute approximate surface area is 116 Å². The van der Waals surface area contributed by atoms with Crippen LogP contribution in [0.4, 0.5) is 0 Å². The van der Waals surface area contributed by atoms with Crippen molar-refractivity contribution in [2.24, 2.45) is 5.73 Å². The lowest BCUT2D eigenvalue weighted by atomic mass is 10.1. The SMILES string of the molecule is NC(CCCCNC(=O)CCc1nncnn1)C(=O)O. The van der Waals surface area contributed by atoms with Crippen LogP contribution >= 0.6 is 0 Å². The number of amides is 1. The monoisotopic (exact) mass is 282 g/mol. The Hall–Kier alpha value is -2.16. The van der Waals surface area contributed by atoms with Crippen molar-refractivity contribution >= 4 is 11.9 Å². The van der Waals surface area contributed by atoms with Crippen molar-refractivity contribution in [3.05, 3.63) is 12.2 Å². The molecule has 0 saturated carbocycles. The zero-order valence-electron chi connectivity index (χ0n) is 11.0. The van der Waals surface area contributed by atoms with Crippen LogP contribution in [0.3, 0.4) is 0 Å². The standard InChI is InChI=1S/C11H18N6O3/c12-8(11(19)20)3-1-2-6-13-10(18)5-4-9-16-14-7-15-17-9/h7-8H,1-6,12H2,(H,13,18)(H,19,20). The molecule has 0 bridgehead atoms. The van der Waals surface area contributed by atoms with E-state index >= 15 is 0 Å². The van der Waals surface area contributed by atoms with Crippen LogP contribution < -0.4 is 11.1 Å². The van der Waals surface area contributed by atoms with Crippen molar-refractivity contribution in [3.63, 3.8) is 0 Å². The second-order valence-corrected chi connectivity index (χ2v) is 4.25. The molecule has 1 amide bonds. The fraction of sp³-hybridized carbons (Fsp3) is 0.636. The van der Waals surface area contributed by atoms with Gasteiger partial charge in [-0.3, -0.25) is 9.59 Å². The lowest BCUT2D eigenvalue weighted by molar-refractivity contribution is -0.138. The van der Waals surface area contributed by atoms with E-state index in [9.17, 15) is 9.59 Å². The van der Waals surface area contributed by atoms with Crippen LogP contribution in [0.1, 0.15) is 31.5 Å². The van der Waals surface area contributed by atoms with Crippen molar-refractivity contribution in [1.82, 2.24) is 25.7 Å². The van der Waals surface area contributed by atoms with Crippen LogP contribution in [0, 0.1) is 0 Å². The first-order chi connectivity index (χ1) is 9.59. The number of nitrogens with two attached hydrogens (primary N) is 1. The van der Waals surface area contributed by atoms with Crippen molar-refractivity contribution in [3.8, 4) is 0 Å². The van der Waals surface area contributed by atoms with Gasteiger partial charge in [0, 0.05) is 19.4 Å². The maximum Gasteiger partial charge on any atom is 0.320 e. The Morgan fingerprint density at radius 1 is 1.30 bits per heavy atom. The largest absolute Gasteiger partial charge is 0.480 e. The lowest BCUT2D eigenvalue weighted by Crippen LogP contribution is -2.30. The Balaban J connectivity index is 2.05. The van der Waals surface area contributed by atoms with Crippen molar-refractivity contribution in [2.45, 2.75) is 38.1 Å². The number of unbranched alkanes of at least 4 members (excludes halogenated alkanes) is 1. The highest BCUT2D eigenvalue weighted by Gasteiger charge is 2.10. The molecule has 110 valence electrons. The fourth-order valence-corrected chi connectivity index (χ4v) is 1.48. The molecule has 0 spiro atoms. The summed E-state index contributed by atoms with van der Waals surface area (Å²) in [5.41, 5.74) is 5.36. The number of hydrogen-bond donors (Lipinski definition) is 3. The minimum Gasteiger partial charge on any atom is -0.480 e. The van der Waals surface area contributed by atoms with E-state index in [4.69, 9.17) is 10.8 Å². The number of hydrogen-bond acceptors (Lipinski definition) is 7. The highest BCUT2D eigenvalue weighted by atomic mass is 16.4. The Morgan fingerprint density at radius 2 is 2.00 bits per heavy atom. The molecular weight excluding hydrogens is 264 g/mol. The van der Waals surface area contributed by atoms with E-state index in [0.717, 1.165) is 0 Å². The molecule has 9 nitrogen and oxygen atoms in total. The molecule has 1 aromatic heterocycles. The van der Waals surface area contributed by atoms with Gasteiger partial charge in [-0.05, 0) is 19.3 Å². The first kappa shape index (κ1) is 15.9. The second kappa shape index (κ2) is 8.86. The van der Waals surface area contributed by atoms with E-state index in [2.05, 4.69) is 25.7 Å². The summed E-state index contributed by atoms with van der Waals surface area (Å²) in [6.45, 7) is 0.497. The van der Waals surface area contributed by atoms with Gasteiger partial charge >= 0.3 is 5.97 Å². The predicted molar refractivity (Wildman–Crippen MR) is 68.4 cm³/mol. The van der Waals surface area contributed by atoms with Gasteiger partial charge in [-0.1, -0.05) is 0 Å². The molecule has 0 aliphatic heterocycles. The Kier molecular flexibility index (Phi) is 7.04. The van der Waals surface area contributed by atoms with Gasteiger partial charge in [0.1, 0.15) is 6.04 Å². The average molecular weight is 282 g/mol. The normalized spacial score (nSPS) is 11.8. The predicted octanol–water partition coefficient (Wildman–Crippen LogP) is -1.10. The number of carbonyl (C=O) groups is 2. The van der Waals surface area contributed by atoms with Gasteiger partial charge < -0.3 is 16.2 Å². The van der Waals surface area contributed by atoms with E-state index in [-0.39, 0.29) is 12.3 Å². The zero-order valence-corrected chi connectivity index (χ0v) is 11.0. The first-order valence-corrected chi connectivity index (χ1v) is 6.34. The number of nitrogens with one attached hydrogen (secondary N) is 1. The molecule has 0 fully saturated rings. The third-order valence-corrected chi connectivity index (χ3v) is 2.61. The minimum atomic E-state index is -1.00. The summed E-state index contributed by atoms with van der Waals surface area (Å²) < 4.78 is 0. The van der Waals surface area contributed by atoms with E-state index < -0.39 is 12.0 Å². The summed E-state index contributed by atoms with van der Waals surface area (Å²) in [6.07, 6.45) is 3.63. The smallest absolute Gasteiger partial charge is 0.320 e. The number of nitrogens with zero attached hydrogens (tertiary/aromatic N) is 4. The van der Waals surface area contributed by atoms with Crippen molar-refractivity contribution < 1.29 is 14.7 Å². The van der Waals surface area contributed by atoms with Crippen LogP contribution in [0.5, 0.6) is 0 Å². The highest BCUT2D eigenvalue weighted by molar-refractivity contribution is 5.76. The molecule has 0 aliphatic carbocycles. The van der Waals surface area contributed by atoms with Gasteiger partial charge in [-0.15, -0.1) is 20.4 Å². The maximum atomic E-state index is 11.5. The number of carboxylic acids is 1. The molecule has 1 rings (SSSR count). The molecule has 1 heterocycles. The summed E-state index contributed by atoms with van der Waals surface area (Å²) in [5.74, 6) is -0.686. The summed E-state index contributed by atoms with van der Waals surface area (Å²) in [7, 11) is 0. The van der Waals surface area contributed by atoms with Crippen LogP contribution in [-0.2, 0) is 16.0 Å². The van der Waals surface area contributed by atoms with Gasteiger partial charge in [0.15, 0.2) is 12.2 Å². The number of carbonyl (C=O) groups excluding carboxylic acids is 1. The zero-order chi connectivity index (χ0) is 14.8. The maximum absolute atomic E-state index is 11.5. The van der Waals surface area contributed by atoms with Crippen molar-refractivity contribution in [1.29, 1.82) is 0 Å². The molecule has 1 aromatic rings. The first-order valence-electron chi connectivity index (χ1n) is 6.34. The van der Waals surface area contributed by atoms with Crippen LogP contribution in [0.2, 0.25) is 0 Å². The topological polar surface area (TPSA) is 144 Å². The van der Waals surface area contributed by atoms with Gasteiger partial charge in [-0.25, -0.2) is 0 Å². The summed E-state index contributed by atoms with van der Waals surface area (Å²) in [4.78, 5) is 22.0. The van der Waals surface area contributed by atoms with Gasteiger partial charge in [0.25, 0.3) is 0 Å². The van der Waals surface area contributed by atoms with E-state index in [0.29, 0.717) is 38.1 Å². The number of aromatic nitrogens is 4. The van der Waals surface area contributed by atoms with E-state index in [1.165, 1.54) is 6.33 Å². The lowest BCUT2D eigenvalue weighted by Gasteiger charge is -2.07. The molecule has 0 radical (unpaired) electrons. The van der Waals surface area contributed by atoms with E-state index in [1.54, 1.807) is 0 Å². The third kappa shape index (κ3) is 6.69.